The Labute approximate surface area is 214 Å². The quantitative estimate of drug-likeness (QED) is 0.0951. The van der Waals surface area contributed by atoms with E-state index < -0.39 is 0 Å². The van der Waals surface area contributed by atoms with Crippen molar-refractivity contribution in [2.75, 3.05) is 26.9 Å². The van der Waals surface area contributed by atoms with Crippen molar-refractivity contribution in [2.24, 2.45) is 0 Å². The minimum atomic E-state index is -0.366. The number of nitrogens with one attached hydrogen (secondary N) is 1. The zero-order valence-electron chi connectivity index (χ0n) is 21.2. The van der Waals surface area contributed by atoms with Gasteiger partial charge in [0, 0.05) is 30.5 Å². The van der Waals surface area contributed by atoms with Gasteiger partial charge in [-0.3, -0.25) is 0 Å². The maximum absolute atomic E-state index is 11.0. The summed E-state index contributed by atoms with van der Waals surface area (Å²) in [4.78, 5) is 11.0. The van der Waals surface area contributed by atoms with Crippen LogP contribution in [0.4, 0.5) is 0 Å². The molecule has 2 aromatic rings. The second kappa shape index (κ2) is 14.9. The van der Waals surface area contributed by atoms with E-state index in [2.05, 4.69) is 6.58 Å². The molecule has 6 heteroatoms. The fourth-order valence-corrected chi connectivity index (χ4v) is 3.89. The van der Waals surface area contributed by atoms with E-state index in [4.69, 9.17) is 24.4 Å². The molecule has 1 aliphatic carbocycles. The van der Waals surface area contributed by atoms with Gasteiger partial charge in [0.15, 0.2) is 0 Å². The molecule has 0 spiro atoms. The van der Waals surface area contributed by atoms with Crippen molar-refractivity contribution in [3.8, 4) is 11.5 Å². The van der Waals surface area contributed by atoms with E-state index in [0.29, 0.717) is 25.6 Å². The molecule has 1 saturated carbocycles. The maximum atomic E-state index is 11.0. The predicted molar refractivity (Wildman–Crippen MR) is 143 cm³/mol. The van der Waals surface area contributed by atoms with Crippen LogP contribution >= 0.6 is 0 Å². The van der Waals surface area contributed by atoms with Crippen LogP contribution in [0.1, 0.15) is 61.6 Å². The van der Waals surface area contributed by atoms with E-state index in [1.807, 2.05) is 42.5 Å². The number of carbonyl (C=O) groups is 1. The van der Waals surface area contributed by atoms with E-state index in [0.717, 1.165) is 73.1 Å². The van der Waals surface area contributed by atoms with Crippen LogP contribution in [0.2, 0.25) is 0 Å². The summed E-state index contributed by atoms with van der Waals surface area (Å²) in [7, 11) is 1.69. The third-order valence-electron chi connectivity index (χ3n) is 6.15. The molecular formula is C30H37NO5. The lowest BCUT2D eigenvalue weighted by atomic mass is 9.89. The largest absolute Gasteiger partial charge is 0.494 e. The van der Waals surface area contributed by atoms with Gasteiger partial charge in [-0.05, 0) is 98.9 Å². The Bertz CT molecular complexity index is 1040. The molecule has 36 heavy (non-hydrogen) atoms. The van der Waals surface area contributed by atoms with Gasteiger partial charge in [0.1, 0.15) is 17.3 Å². The highest BCUT2D eigenvalue weighted by molar-refractivity contribution is 5.83. The lowest BCUT2D eigenvalue weighted by molar-refractivity contribution is -0.137. The van der Waals surface area contributed by atoms with Crippen LogP contribution in [-0.2, 0) is 20.7 Å². The van der Waals surface area contributed by atoms with Crippen molar-refractivity contribution in [3.63, 3.8) is 0 Å². The molecule has 1 N–H and O–H groups in total. The van der Waals surface area contributed by atoms with Crippen LogP contribution in [0, 0.1) is 5.41 Å². The molecule has 1 aliphatic rings. The van der Waals surface area contributed by atoms with Gasteiger partial charge in [0.05, 0.1) is 19.8 Å². The minimum Gasteiger partial charge on any atom is -0.494 e. The van der Waals surface area contributed by atoms with E-state index in [9.17, 15) is 4.79 Å². The van der Waals surface area contributed by atoms with Crippen molar-refractivity contribution in [1.29, 1.82) is 5.41 Å². The Kier molecular flexibility index (Phi) is 11.3. The SMILES string of the molecule is C=CC(=O)OCCCCCCOc1ccc(C(Oc2ccc(CCOC)cc2C=N)=C2CCC2)cc1. The number of hydrogen-bond donors (Lipinski definition) is 1. The third-order valence-corrected chi connectivity index (χ3v) is 6.15. The molecule has 3 rings (SSSR count). The fraction of sp³-hybridized carbons (Fsp3) is 0.400. The Morgan fingerprint density at radius 2 is 1.75 bits per heavy atom. The van der Waals surface area contributed by atoms with Crippen molar-refractivity contribution >= 4 is 17.9 Å². The molecule has 0 unspecified atom stereocenters. The van der Waals surface area contributed by atoms with Crippen LogP contribution in [0.5, 0.6) is 11.5 Å². The van der Waals surface area contributed by atoms with Gasteiger partial charge < -0.3 is 24.4 Å². The molecular weight excluding hydrogens is 454 g/mol. The fourth-order valence-electron chi connectivity index (χ4n) is 3.89. The Morgan fingerprint density at radius 3 is 2.39 bits per heavy atom. The summed E-state index contributed by atoms with van der Waals surface area (Å²) in [5.74, 6) is 2.05. The number of methoxy groups -OCH3 is 1. The monoisotopic (exact) mass is 491 g/mol. The van der Waals surface area contributed by atoms with Gasteiger partial charge in [-0.15, -0.1) is 0 Å². The van der Waals surface area contributed by atoms with Gasteiger partial charge in [-0.2, -0.15) is 0 Å². The van der Waals surface area contributed by atoms with Crippen LogP contribution in [0.15, 0.2) is 60.7 Å². The second-order valence-corrected chi connectivity index (χ2v) is 8.81. The molecule has 6 nitrogen and oxygen atoms in total. The first-order valence-corrected chi connectivity index (χ1v) is 12.7. The summed E-state index contributed by atoms with van der Waals surface area (Å²) < 4.78 is 22.5. The van der Waals surface area contributed by atoms with E-state index >= 15 is 0 Å². The smallest absolute Gasteiger partial charge is 0.330 e. The summed E-state index contributed by atoms with van der Waals surface area (Å²) in [5, 5.41) is 7.86. The molecule has 0 amide bonds. The lowest BCUT2D eigenvalue weighted by Crippen LogP contribution is -2.08. The topological polar surface area (TPSA) is 77.8 Å². The summed E-state index contributed by atoms with van der Waals surface area (Å²) in [6.07, 6.45) is 10.4. The van der Waals surface area contributed by atoms with E-state index in [1.165, 1.54) is 24.3 Å². The van der Waals surface area contributed by atoms with Crippen molar-refractivity contribution in [3.05, 3.63) is 77.4 Å². The second-order valence-electron chi connectivity index (χ2n) is 8.81. The van der Waals surface area contributed by atoms with E-state index in [1.54, 1.807) is 7.11 Å². The number of benzene rings is 2. The highest BCUT2D eigenvalue weighted by atomic mass is 16.5. The molecule has 0 radical (unpaired) electrons. The average Bonchev–Trinajstić information content (AvgIpc) is 2.88. The van der Waals surface area contributed by atoms with Crippen LogP contribution in [-0.4, -0.2) is 39.1 Å². The number of unbranched alkanes of at least 4 members (excludes halogenated alkanes) is 3. The van der Waals surface area contributed by atoms with Crippen LogP contribution in [0.25, 0.3) is 5.76 Å². The van der Waals surface area contributed by atoms with Crippen molar-refractivity contribution in [1.82, 2.24) is 0 Å². The summed E-state index contributed by atoms with van der Waals surface area (Å²) in [5.41, 5.74) is 4.21. The molecule has 0 saturated heterocycles. The first-order valence-electron chi connectivity index (χ1n) is 12.7. The highest BCUT2D eigenvalue weighted by Gasteiger charge is 2.19. The Hall–Kier alpha value is -3.38. The molecule has 0 heterocycles. The van der Waals surface area contributed by atoms with Gasteiger partial charge in [-0.1, -0.05) is 12.6 Å². The lowest BCUT2D eigenvalue weighted by Gasteiger charge is -2.23. The van der Waals surface area contributed by atoms with Gasteiger partial charge >= 0.3 is 5.97 Å². The summed E-state index contributed by atoms with van der Waals surface area (Å²) in [6.45, 7) is 5.12. The van der Waals surface area contributed by atoms with Gasteiger partial charge in [0.25, 0.3) is 0 Å². The number of hydrogen-bond acceptors (Lipinski definition) is 6. The van der Waals surface area contributed by atoms with Crippen LogP contribution in [0.3, 0.4) is 0 Å². The number of carbonyl (C=O) groups excluding carboxylic acids is 1. The summed E-state index contributed by atoms with van der Waals surface area (Å²) in [6, 6.07) is 14.0. The Morgan fingerprint density at radius 1 is 1.00 bits per heavy atom. The molecule has 192 valence electrons. The molecule has 0 aliphatic heterocycles. The molecule has 0 atom stereocenters. The zero-order valence-corrected chi connectivity index (χ0v) is 21.2. The summed E-state index contributed by atoms with van der Waals surface area (Å²) >= 11 is 0. The van der Waals surface area contributed by atoms with Gasteiger partial charge in [0.2, 0.25) is 0 Å². The predicted octanol–water partition coefficient (Wildman–Crippen LogP) is 6.52. The first kappa shape index (κ1) is 27.2. The molecule has 0 bridgehead atoms. The highest BCUT2D eigenvalue weighted by Crippen LogP contribution is 2.36. The normalized spacial score (nSPS) is 12.4. The zero-order chi connectivity index (χ0) is 25.6. The third kappa shape index (κ3) is 8.38. The standard InChI is InChI=1S/C30H37NO5/c1-3-29(32)35-19-7-5-4-6-18-34-27-14-12-25(13-15-27)30(24-9-8-10-24)36-28-16-11-23(17-20-33-2)21-26(28)22-31/h3,11-16,21-22,31H,1,4-10,17-20H2,2H3. The number of allylic oxidation sites excluding steroid dienone is 1. The number of ether oxygens (including phenoxy) is 4. The average molecular weight is 492 g/mol. The van der Waals surface area contributed by atoms with Crippen LogP contribution < -0.4 is 9.47 Å². The maximum Gasteiger partial charge on any atom is 0.330 e. The molecule has 0 aromatic heterocycles. The number of rotatable bonds is 16. The van der Waals surface area contributed by atoms with Crippen molar-refractivity contribution < 1.29 is 23.7 Å². The molecule has 2 aromatic carbocycles. The Balaban J connectivity index is 1.53. The minimum absolute atomic E-state index is 0.366. The van der Waals surface area contributed by atoms with Crippen molar-refractivity contribution in [2.45, 2.75) is 51.4 Å². The number of esters is 1. The van der Waals surface area contributed by atoms with Gasteiger partial charge in [-0.25, -0.2) is 4.79 Å². The van der Waals surface area contributed by atoms with E-state index in [-0.39, 0.29) is 5.97 Å². The first-order chi connectivity index (χ1) is 17.6. The molecule has 1 fully saturated rings.